The van der Waals surface area contributed by atoms with Crippen LogP contribution in [0.4, 0.5) is 0 Å². The van der Waals surface area contributed by atoms with Gasteiger partial charge in [0.25, 0.3) is 0 Å². The van der Waals surface area contributed by atoms with Gasteiger partial charge in [-0.05, 0) is 40.8 Å². The van der Waals surface area contributed by atoms with Gasteiger partial charge in [-0.3, -0.25) is 4.79 Å². The molecule has 0 aliphatic heterocycles. The Morgan fingerprint density at radius 1 is 1.04 bits per heavy atom. The molecule has 0 radical (unpaired) electrons. The Kier molecular flexibility index (Phi) is 6.87. The van der Waals surface area contributed by atoms with Crippen LogP contribution in [0.2, 0.25) is 0 Å². The summed E-state index contributed by atoms with van der Waals surface area (Å²) >= 11 is 1.60. The predicted octanol–water partition coefficient (Wildman–Crippen LogP) is 5.01. The lowest BCUT2D eigenvalue weighted by molar-refractivity contribution is -0.125. The number of benzene rings is 2. The molecule has 1 aromatic heterocycles. The normalized spacial score (nSPS) is 10.8. The van der Waals surface area contributed by atoms with E-state index in [0.29, 0.717) is 24.7 Å². The van der Waals surface area contributed by atoms with Crippen molar-refractivity contribution in [3.05, 3.63) is 88.1 Å². The van der Waals surface area contributed by atoms with Crippen LogP contribution in [0.15, 0.2) is 72.1 Å². The second-order valence-electron chi connectivity index (χ2n) is 6.30. The summed E-state index contributed by atoms with van der Waals surface area (Å²) in [4.78, 5) is 15.0. The molecule has 5 heteroatoms. The van der Waals surface area contributed by atoms with Crippen molar-refractivity contribution in [2.45, 2.75) is 13.2 Å². The van der Waals surface area contributed by atoms with Gasteiger partial charge in [-0.15, -0.1) is 11.3 Å². The molecule has 1 heterocycles. The Labute approximate surface area is 169 Å². The predicted molar refractivity (Wildman–Crippen MR) is 114 cm³/mol. The highest BCUT2D eigenvalue weighted by atomic mass is 32.1. The first kappa shape index (κ1) is 19.7. The van der Waals surface area contributed by atoms with E-state index in [0.717, 1.165) is 16.0 Å². The Morgan fingerprint density at radius 3 is 2.57 bits per heavy atom. The number of carbonyl (C=O) groups excluding carboxylic acids is 1. The number of methoxy groups -OCH3 is 1. The molecule has 0 aliphatic carbocycles. The third-order valence-corrected chi connectivity index (χ3v) is 5.03. The number of carbonyl (C=O) groups is 1. The molecule has 0 spiro atoms. The molecule has 1 amide bonds. The number of rotatable bonds is 8. The summed E-state index contributed by atoms with van der Waals surface area (Å²) in [5, 5.41) is 1.99. The van der Waals surface area contributed by atoms with Crippen LogP contribution in [-0.2, 0) is 17.9 Å². The number of hydrogen-bond acceptors (Lipinski definition) is 4. The van der Waals surface area contributed by atoms with E-state index in [2.05, 4.69) is 0 Å². The van der Waals surface area contributed by atoms with Crippen molar-refractivity contribution < 1.29 is 14.3 Å². The van der Waals surface area contributed by atoms with E-state index in [-0.39, 0.29) is 5.91 Å². The van der Waals surface area contributed by atoms with Gasteiger partial charge in [-0.1, -0.05) is 42.5 Å². The summed E-state index contributed by atoms with van der Waals surface area (Å²) in [6.07, 6.45) is 3.44. The molecular weight excluding hydrogens is 370 g/mol. The quantitative estimate of drug-likeness (QED) is 0.505. The summed E-state index contributed by atoms with van der Waals surface area (Å²) in [6.45, 7) is 0.964. The second kappa shape index (κ2) is 9.76. The molecule has 0 fully saturated rings. The Bertz CT molecular complexity index is 920. The SMILES string of the molecule is COc1cc(CN(C)C(=O)C=Cc2cccs2)ccc1OCc1ccccc1. The molecule has 0 N–H and O–H groups in total. The first-order chi connectivity index (χ1) is 13.7. The maximum atomic E-state index is 12.3. The van der Waals surface area contributed by atoms with Crippen LogP contribution in [0, 0.1) is 0 Å². The van der Waals surface area contributed by atoms with Crippen LogP contribution in [0.1, 0.15) is 16.0 Å². The number of thiophene rings is 1. The lowest BCUT2D eigenvalue weighted by Gasteiger charge is -2.17. The van der Waals surface area contributed by atoms with E-state index in [1.807, 2.05) is 72.1 Å². The van der Waals surface area contributed by atoms with Crippen LogP contribution in [0.5, 0.6) is 11.5 Å². The third kappa shape index (κ3) is 5.47. The number of nitrogens with zero attached hydrogens (tertiary/aromatic N) is 1. The van der Waals surface area contributed by atoms with Gasteiger partial charge in [0.15, 0.2) is 11.5 Å². The second-order valence-corrected chi connectivity index (χ2v) is 7.28. The molecule has 28 heavy (non-hydrogen) atoms. The average molecular weight is 394 g/mol. The van der Waals surface area contributed by atoms with Crippen molar-refractivity contribution in [2.24, 2.45) is 0 Å². The van der Waals surface area contributed by atoms with E-state index in [4.69, 9.17) is 9.47 Å². The monoisotopic (exact) mass is 393 g/mol. The molecule has 0 aliphatic rings. The van der Waals surface area contributed by atoms with Gasteiger partial charge in [0.1, 0.15) is 6.61 Å². The lowest BCUT2D eigenvalue weighted by atomic mass is 10.2. The fraction of sp³-hybridized carbons (Fsp3) is 0.174. The van der Waals surface area contributed by atoms with Crippen molar-refractivity contribution >= 4 is 23.3 Å². The van der Waals surface area contributed by atoms with Crippen LogP contribution in [0.25, 0.3) is 6.08 Å². The summed E-state index contributed by atoms with van der Waals surface area (Å²) in [5.41, 5.74) is 2.07. The molecule has 0 saturated heterocycles. The molecule has 0 atom stereocenters. The number of likely N-dealkylation sites (N-methyl/N-ethyl adjacent to an activating group) is 1. The molecule has 0 saturated carbocycles. The molecule has 4 nitrogen and oxygen atoms in total. The minimum Gasteiger partial charge on any atom is -0.493 e. The Morgan fingerprint density at radius 2 is 1.86 bits per heavy atom. The highest BCUT2D eigenvalue weighted by Gasteiger charge is 2.10. The standard InChI is InChI=1S/C23H23NO3S/c1-24(23(25)13-11-20-9-6-14-28-20)16-19-10-12-21(22(15-19)26-2)27-17-18-7-4-3-5-8-18/h3-15H,16-17H2,1-2H3. The van der Waals surface area contributed by atoms with E-state index < -0.39 is 0 Å². The van der Waals surface area contributed by atoms with E-state index >= 15 is 0 Å². The van der Waals surface area contributed by atoms with E-state index in [9.17, 15) is 4.79 Å². The smallest absolute Gasteiger partial charge is 0.246 e. The van der Waals surface area contributed by atoms with Crippen LogP contribution < -0.4 is 9.47 Å². The van der Waals surface area contributed by atoms with Gasteiger partial charge in [0.05, 0.1) is 7.11 Å². The summed E-state index contributed by atoms with van der Waals surface area (Å²) in [5.74, 6) is 1.29. The van der Waals surface area contributed by atoms with Gasteiger partial charge in [-0.2, -0.15) is 0 Å². The number of hydrogen-bond donors (Lipinski definition) is 0. The molecule has 0 unspecified atom stereocenters. The van der Waals surface area contributed by atoms with Crippen LogP contribution in [0.3, 0.4) is 0 Å². The van der Waals surface area contributed by atoms with Crippen molar-refractivity contribution in [2.75, 3.05) is 14.2 Å². The van der Waals surface area contributed by atoms with Gasteiger partial charge in [-0.25, -0.2) is 0 Å². The van der Waals surface area contributed by atoms with Crippen molar-refractivity contribution in [1.29, 1.82) is 0 Å². The summed E-state index contributed by atoms with van der Waals surface area (Å²) in [6, 6.07) is 19.7. The number of ether oxygens (including phenoxy) is 2. The van der Waals surface area contributed by atoms with E-state index in [1.54, 1.807) is 36.5 Å². The number of amides is 1. The molecule has 2 aromatic carbocycles. The third-order valence-electron chi connectivity index (χ3n) is 4.19. The van der Waals surface area contributed by atoms with E-state index in [1.165, 1.54) is 0 Å². The van der Waals surface area contributed by atoms with Gasteiger partial charge < -0.3 is 14.4 Å². The lowest BCUT2D eigenvalue weighted by Crippen LogP contribution is -2.24. The maximum Gasteiger partial charge on any atom is 0.246 e. The van der Waals surface area contributed by atoms with Gasteiger partial charge in [0.2, 0.25) is 5.91 Å². The summed E-state index contributed by atoms with van der Waals surface area (Å²) in [7, 11) is 3.40. The minimum absolute atomic E-state index is 0.0447. The average Bonchev–Trinajstić information content (AvgIpc) is 3.25. The van der Waals surface area contributed by atoms with Crippen molar-refractivity contribution in [3.8, 4) is 11.5 Å². The summed E-state index contributed by atoms with van der Waals surface area (Å²) < 4.78 is 11.4. The Hall–Kier alpha value is -3.05. The fourth-order valence-electron chi connectivity index (χ4n) is 2.68. The highest BCUT2D eigenvalue weighted by molar-refractivity contribution is 7.10. The molecule has 3 rings (SSSR count). The van der Waals surface area contributed by atoms with Crippen molar-refractivity contribution in [3.63, 3.8) is 0 Å². The zero-order chi connectivity index (χ0) is 19.8. The minimum atomic E-state index is -0.0447. The zero-order valence-electron chi connectivity index (χ0n) is 16.0. The Balaban J connectivity index is 1.61. The highest BCUT2D eigenvalue weighted by Crippen LogP contribution is 2.29. The van der Waals surface area contributed by atoms with Crippen LogP contribution >= 0.6 is 11.3 Å². The van der Waals surface area contributed by atoms with Gasteiger partial charge in [0, 0.05) is 24.5 Å². The zero-order valence-corrected chi connectivity index (χ0v) is 16.8. The molecule has 0 bridgehead atoms. The topological polar surface area (TPSA) is 38.8 Å². The van der Waals surface area contributed by atoms with Crippen LogP contribution in [-0.4, -0.2) is 25.0 Å². The molecule has 144 valence electrons. The van der Waals surface area contributed by atoms with Gasteiger partial charge >= 0.3 is 0 Å². The fourth-order valence-corrected chi connectivity index (χ4v) is 3.30. The van der Waals surface area contributed by atoms with Crippen molar-refractivity contribution in [1.82, 2.24) is 4.90 Å². The maximum absolute atomic E-state index is 12.3. The first-order valence-corrected chi connectivity index (χ1v) is 9.84. The molecule has 3 aromatic rings. The molecular formula is C23H23NO3S. The first-order valence-electron chi connectivity index (χ1n) is 8.96. The largest absolute Gasteiger partial charge is 0.493 e.